The standard InChI is InChI=1S/C21H24N6O.2C2HF3O2/c1-14-4-7-18(11-22-14)25-20(28)19-8-16(13-27(19)12-15-5-6-15)17-9-23-21(24-10-17)26(2)3;2*3-2(4,5)1(6)7/h4,7-11,13,15H,5-6,12H2,1-3H3,(H,25,28);2*(H,6,7). The molecule has 17 heteroatoms. The highest BCUT2D eigenvalue weighted by Gasteiger charge is 2.38. The third-order valence-corrected chi connectivity index (χ3v) is 5.31. The zero-order valence-corrected chi connectivity index (χ0v) is 22.4. The van der Waals surface area contributed by atoms with E-state index in [1.807, 2.05) is 54.9 Å². The largest absolute Gasteiger partial charge is 0.490 e. The van der Waals surface area contributed by atoms with Gasteiger partial charge in [0.05, 0.1) is 11.9 Å². The maximum atomic E-state index is 12.9. The van der Waals surface area contributed by atoms with Crippen LogP contribution in [0.3, 0.4) is 0 Å². The van der Waals surface area contributed by atoms with Gasteiger partial charge in [-0.25, -0.2) is 19.6 Å². The smallest absolute Gasteiger partial charge is 0.475 e. The SMILES string of the molecule is Cc1ccc(NC(=O)c2cc(-c3cnc(N(C)C)nc3)cn2CC2CC2)cn1.O=C(O)C(F)(F)F.O=C(O)C(F)(F)F. The first-order valence-electron chi connectivity index (χ1n) is 11.9. The summed E-state index contributed by atoms with van der Waals surface area (Å²) in [5.41, 5.74) is 4.08. The van der Waals surface area contributed by atoms with Crippen molar-refractivity contribution in [2.75, 3.05) is 24.3 Å². The molecule has 1 saturated carbocycles. The topological polar surface area (TPSA) is 151 Å². The summed E-state index contributed by atoms with van der Waals surface area (Å²) >= 11 is 0. The summed E-state index contributed by atoms with van der Waals surface area (Å²) in [6, 6.07) is 5.66. The Morgan fingerprint density at radius 2 is 1.45 bits per heavy atom. The molecule has 1 fully saturated rings. The molecule has 3 aromatic heterocycles. The van der Waals surface area contributed by atoms with E-state index in [1.54, 1.807) is 18.6 Å². The number of alkyl halides is 6. The maximum Gasteiger partial charge on any atom is 0.490 e. The molecule has 0 saturated heterocycles. The average Bonchev–Trinajstić information content (AvgIpc) is 3.61. The van der Waals surface area contributed by atoms with E-state index in [1.165, 1.54) is 12.8 Å². The van der Waals surface area contributed by atoms with Crippen molar-refractivity contribution in [1.29, 1.82) is 0 Å². The van der Waals surface area contributed by atoms with Gasteiger partial charge in [-0.05, 0) is 43.9 Å². The number of anilines is 2. The van der Waals surface area contributed by atoms with E-state index in [2.05, 4.69) is 20.3 Å². The summed E-state index contributed by atoms with van der Waals surface area (Å²) in [6.07, 6.45) is -0.436. The molecule has 1 aliphatic carbocycles. The van der Waals surface area contributed by atoms with E-state index in [-0.39, 0.29) is 5.91 Å². The number of carbonyl (C=O) groups excluding carboxylic acids is 1. The second-order valence-corrected chi connectivity index (χ2v) is 9.12. The highest BCUT2D eigenvalue weighted by Crippen LogP contribution is 2.32. The maximum absolute atomic E-state index is 12.9. The third-order valence-electron chi connectivity index (χ3n) is 5.31. The Bertz CT molecular complexity index is 1340. The Morgan fingerprint density at radius 3 is 1.86 bits per heavy atom. The van der Waals surface area contributed by atoms with Gasteiger partial charge in [-0.15, -0.1) is 0 Å². The number of halogens is 6. The van der Waals surface area contributed by atoms with Crippen molar-refractivity contribution in [3.63, 3.8) is 0 Å². The number of nitrogens with one attached hydrogen (secondary N) is 1. The molecule has 228 valence electrons. The van der Waals surface area contributed by atoms with E-state index in [9.17, 15) is 31.1 Å². The van der Waals surface area contributed by atoms with Crippen LogP contribution in [0.2, 0.25) is 0 Å². The Kier molecular flexibility index (Phi) is 11.0. The van der Waals surface area contributed by atoms with Crippen LogP contribution >= 0.6 is 0 Å². The van der Waals surface area contributed by atoms with Crippen molar-refractivity contribution in [3.05, 3.63) is 54.4 Å². The lowest BCUT2D eigenvalue weighted by Crippen LogP contribution is -2.21. The molecule has 0 aromatic carbocycles. The monoisotopic (exact) mass is 604 g/mol. The fourth-order valence-electron chi connectivity index (χ4n) is 3.03. The molecule has 3 heterocycles. The van der Waals surface area contributed by atoms with Crippen molar-refractivity contribution in [1.82, 2.24) is 19.5 Å². The minimum atomic E-state index is -5.08. The number of nitrogens with zero attached hydrogens (tertiary/aromatic N) is 5. The Hall–Kier alpha value is -4.70. The van der Waals surface area contributed by atoms with Crippen LogP contribution in [0.15, 0.2) is 43.0 Å². The molecule has 3 N–H and O–H groups in total. The lowest BCUT2D eigenvalue weighted by molar-refractivity contribution is -0.193. The van der Waals surface area contributed by atoms with Crippen LogP contribution in [0.4, 0.5) is 38.0 Å². The Balaban J connectivity index is 0.000000367. The molecule has 0 spiro atoms. The Morgan fingerprint density at radius 1 is 0.929 bits per heavy atom. The van der Waals surface area contributed by atoms with Gasteiger partial charge >= 0.3 is 24.3 Å². The number of rotatable bonds is 6. The summed E-state index contributed by atoms with van der Waals surface area (Å²) in [5, 5.41) is 17.2. The molecule has 11 nitrogen and oxygen atoms in total. The van der Waals surface area contributed by atoms with Gasteiger partial charge in [-0.2, -0.15) is 26.3 Å². The normalized spacial score (nSPS) is 12.7. The van der Waals surface area contributed by atoms with E-state index in [4.69, 9.17) is 19.8 Å². The molecule has 1 amide bonds. The van der Waals surface area contributed by atoms with E-state index >= 15 is 0 Å². The minimum Gasteiger partial charge on any atom is -0.475 e. The number of aliphatic carboxylic acids is 2. The quantitative estimate of drug-likeness (QED) is 0.342. The fourth-order valence-corrected chi connectivity index (χ4v) is 3.03. The molecule has 1 aliphatic rings. The number of carboxylic acids is 2. The van der Waals surface area contributed by atoms with Crippen LogP contribution in [-0.4, -0.2) is 74.0 Å². The fraction of sp³-hybridized carbons (Fsp3) is 0.360. The van der Waals surface area contributed by atoms with Gasteiger partial charge in [-0.3, -0.25) is 9.78 Å². The highest BCUT2D eigenvalue weighted by molar-refractivity contribution is 6.04. The number of hydrogen-bond donors (Lipinski definition) is 3. The minimum absolute atomic E-state index is 0.136. The van der Waals surface area contributed by atoms with Crippen LogP contribution in [0.25, 0.3) is 11.1 Å². The number of carbonyl (C=O) groups is 3. The first-order valence-corrected chi connectivity index (χ1v) is 11.9. The van der Waals surface area contributed by atoms with Crippen molar-refractivity contribution in [2.24, 2.45) is 5.92 Å². The summed E-state index contributed by atoms with van der Waals surface area (Å²) in [4.78, 5) is 45.6. The van der Waals surface area contributed by atoms with Crippen molar-refractivity contribution in [2.45, 2.75) is 38.7 Å². The van der Waals surface area contributed by atoms with Crippen LogP contribution < -0.4 is 10.2 Å². The van der Waals surface area contributed by atoms with Gasteiger partial charge in [0.2, 0.25) is 5.95 Å². The molecule has 42 heavy (non-hydrogen) atoms. The molecule has 0 radical (unpaired) electrons. The number of pyridine rings is 1. The summed E-state index contributed by atoms with van der Waals surface area (Å²) in [6.45, 7) is 2.77. The first kappa shape index (κ1) is 33.5. The first-order chi connectivity index (χ1) is 19.4. The summed E-state index contributed by atoms with van der Waals surface area (Å²) in [7, 11) is 3.81. The average molecular weight is 605 g/mol. The number of hydrogen-bond acceptors (Lipinski definition) is 7. The molecule has 0 atom stereocenters. The van der Waals surface area contributed by atoms with Crippen molar-refractivity contribution in [3.8, 4) is 11.1 Å². The highest BCUT2D eigenvalue weighted by atomic mass is 19.4. The van der Waals surface area contributed by atoms with E-state index in [0.29, 0.717) is 23.2 Å². The van der Waals surface area contributed by atoms with Crippen LogP contribution in [-0.2, 0) is 16.1 Å². The molecular weight excluding hydrogens is 578 g/mol. The number of carboxylic acid groups (broad SMARTS) is 2. The van der Waals surface area contributed by atoms with Gasteiger partial charge in [0.1, 0.15) is 5.69 Å². The zero-order chi connectivity index (χ0) is 31.8. The van der Waals surface area contributed by atoms with E-state index in [0.717, 1.165) is 23.4 Å². The van der Waals surface area contributed by atoms with Crippen molar-refractivity contribution < 1.29 is 50.9 Å². The third kappa shape index (κ3) is 10.7. The predicted octanol–water partition coefficient (Wildman–Crippen LogP) is 4.64. The molecular formula is C25H26F6N6O5. The summed E-state index contributed by atoms with van der Waals surface area (Å²) in [5.74, 6) is -4.34. The lowest BCUT2D eigenvalue weighted by Gasteiger charge is -2.09. The zero-order valence-electron chi connectivity index (χ0n) is 22.4. The number of aryl methyl sites for hydroxylation is 1. The van der Waals surface area contributed by atoms with Gasteiger partial charge in [0, 0.05) is 56.1 Å². The van der Waals surface area contributed by atoms with Crippen LogP contribution in [0, 0.1) is 12.8 Å². The van der Waals surface area contributed by atoms with Crippen LogP contribution in [0.5, 0.6) is 0 Å². The van der Waals surface area contributed by atoms with Gasteiger partial charge in [0.25, 0.3) is 5.91 Å². The number of aromatic nitrogens is 4. The number of amides is 1. The second kappa shape index (κ2) is 13.8. The van der Waals surface area contributed by atoms with E-state index < -0.39 is 24.3 Å². The molecule has 4 rings (SSSR count). The second-order valence-electron chi connectivity index (χ2n) is 9.12. The summed E-state index contributed by atoms with van der Waals surface area (Å²) < 4.78 is 65.5. The van der Waals surface area contributed by atoms with Gasteiger partial charge in [-0.1, -0.05) is 0 Å². The Labute approximate surface area is 234 Å². The lowest BCUT2D eigenvalue weighted by atomic mass is 10.2. The van der Waals surface area contributed by atoms with Crippen molar-refractivity contribution >= 4 is 29.5 Å². The van der Waals surface area contributed by atoms with Crippen LogP contribution in [0.1, 0.15) is 29.0 Å². The molecule has 0 aliphatic heterocycles. The molecule has 0 bridgehead atoms. The van der Waals surface area contributed by atoms with Gasteiger partial charge < -0.3 is 25.0 Å². The van der Waals surface area contributed by atoms with Gasteiger partial charge in [0.15, 0.2) is 0 Å². The molecule has 3 aromatic rings. The predicted molar refractivity (Wildman–Crippen MR) is 137 cm³/mol. The molecule has 0 unspecified atom stereocenters.